The molecule has 1 N–H and O–H groups in total. The number of para-hydroxylation sites is 1. The zero-order valence-electron chi connectivity index (χ0n) is 17.2. The summed E-state index contributed by atoms with van der Waals surface area (Å²) in [5.74, 6) is -0.408. The number of sulfonamides is 1. The van der Waals surface area contributed by atoms with E-state index in [1.165, 1.54) is 17.8 Å². The van der Waals surface area contributed by atoms with Gasteiger partial charge in [-0.1, -0.05) is 66.7 Å². The average Bonchev–Trinajstić information content (AvgIpc) is 2.73. The molecule has 0 radical (unpaired) electrons. The number of carbonyl (C=O) groups excluding carboxylic acids is 1. The molecule has 0 aromatic heterocycles. The Balaban J connectivity index is 1.90. The van der Waals surface area contributed by atoms with Gasteiger partial charge in [-0.15, -0.1) is 0 Å². The lowest BCUT2D eigenvalue weighted by Gasteiger charge is -2.30. The molecule has 0 bridgehead atoms. The van der Waals surface area contributed by atoms with Crippen molar-refractivity contribution in [1.82, 2.24) is 0 Å². The van der Waals surface area contributed by atoms with Crippen molar-refractivity contribution < 1.29 is 13.2 Å². The van der Waals surface area contributed by atoms with E-state index in [1.807, 2.05) is 48.5 Å². The second-order valence-corrected chi connectivity index (χ2v) is 10.3. The van der Waals surface area contributed by atoms with Crippen molar-refractivity contribution in [2.75, 3.05) is 15.9 Å². The summed E-state index contributed by atoms with van der Waals surface area (Å²) in [4.78, 5) is 15.1. The second kappa shape index (κ2) is 10.2. The Hall–Kier alpha value is -2.48. The molecule has 0 fully saturated rings. The van der Waals surface area contributed by atoms with Gasteiger partial charge >= 0.3 is 0 Å². The molecule has 0 aliphatic heterocycles. The largest absolute Gasteiger partial charge is 0.323 e. The van der Waals surface area contributed by atoms with E-state index in [0.717, 1.165) is 20.4 Å². The number of nitrogens with one attached hydrogen (secondary N) is 1. The minimum Gasteiger partial charge on any atom is -0.323 e. The highest BCUT2D eigenvalue weighted by molar-refractivity contribution is 7.99. The molecule has 0 unspecified atom stereocenters. The maximum absolute atomic E-state index is 13.2. The van der Waals surface area contributed by atoms with E-state index in [4.69, 9.17) is 11.6 Å². The number of carbonyl (C=O) groups is 1. The highest BCUT2D eigenvalue weighted by Crippen LogP contribution is 2.34. The Kier molecular flexibility index (Phi) is 7.64. The van der Waals surface area contributed by atoms with Gasteiger partial charge in [0.25, 0.3) is 0 Å². The summed E-state index contributed by atoms with van der Waals surface area (Å²) < 4.78 is 26.3. The molecule has 0 spiro atoms. The highest BCUT2D eigenvalue weighted by atomic mass is 35.5. The quantitative estimate of drug-likeness (QED) is 0.456. The monoisotopic (exact) mass is 474 g/mol. The SMILES string of the molecule is CC[C@@H](C(=O)Nc1ccccc1Sc1ccccc1)N(c1cccc(Cl)c1)S(C)(=O)=O. The molecule has 8 heteroatoms. The van der Waals surface area contributed by atoms with Crippen LogP contribution in [0.2, 0.25) is 5.02 Å². The predicted molar refractivity (Wildman–Crippen MR) is 128 cm³/mol. The van der Waals surface area contributed by atoms with Crippen LogP contribution in [0.25, 0.3) is 0 Å². The average molecular weight is 475 g/mol. The first kappa shape index (κ1) is 23.2. The van der Waals surface area contributed by atoms with Crippen molar-refractivity contribution >= 4 is 50.7 Å². The lowest BCUT2D eigenvalue weighted by molar-refractivity contribution is -0.117. The van der Waals surface area contributed by atoms with E-state index in [0.29, 0.717) is 22.8 Å². The van der Waals surface area contributed by atoms with Crippen LogP contribution in [0.1, 0.15) is 13.3 Å². The van der Waals surface area contributed by atoms with E-state index >= 15 is 0 Å². The van der Waals surface area contributed by atoms with Gasteiger partial charge in [0.1, 0.15) is 6.04 Å². The molecule has 3 aromatic rings. The minimum atomic E-state index is -3.73. The third-order valence-electron chi connectivity index (χ3n) is 4.51. The number of nitrogens with zero attached hydrogens (tertiary/aromatic N) is 1. The number of amides is 1. The van der Waals surface area contributed by atoms with Gasteiger partial charge in [-0.25, -0.2) is 8.42 Å². The van der Waals surface area contributed by atoms with Crippen LogP contribution in [0.3, 0.4) is 0 Å². The summed E-state index contributed by atoms with van der Waals surface area (Å²) in [5.41, 5.74) is 0.975. The van der Waals surface area contributed by atoms with E-state index < -0.39 is 22.0 Å². The molecule has 0 aliphatic carbocycles. The van der Waals surface area contributed by atoms with Crippen LogP contribution in [-0.4, -0.2) is 26.6 Å². The van der Waals surface area contributed by atoms with Crippen LogP contribution in [0.4, 0.5) is 11.4 Å². The fraction of sp³-hybridized carbons (Fsp3) is 0.174. The fourth-order valence-corrected chi connectivity index (χ4v) is 5.47. The van der Waals surface area contributed by atoms with Gasteiger partial charge in [0.2, 0.25) is 15.9 Å². The van der Waals surface area contributed by atoms with Gasteiger partial charge in [0.15, 0.2) is 0 Å². The standard InChI is InChI=1S/C23H23ClN2O3S2/c1-3-21(26(31(2,28)29)18-11-9-10-17(24)16-18)23(27)25-20-14-7-8-15-22(20)30-19-12-5-4-6-13-19/h4-16,21H,3H2,1-2H3,(H,25,27)/t21-/m0/s1. The normalized spacial score (nSPS) is 12.2. The summed E-state index contributed by atoms with van der Waals surface area (Å²) in [6, 6.07) is 22.8. The third kappa shape index (κ3) is 6.03. The lowest BCUT2D eigenvalue weighted by Crippen LogP contribution is -2.47. The number of hydrogen-bond acceptors (Lipinski definition) is 4. The van der Waals surface area contributed by atoms with Crippen LogP contribution in [-0.2, 0) is 14.8 Å². The van der Waals surface area contributed by atoms with Crippen molar-refractivity contribution in [3.63, 3.8) is 0 Å². The predicted octanol–water partition coefficient (Wildman–Crippen LogP) is 5.67. The van der Waals surface area contributed by atoms with Crippen LogP contribution >= 0.6 is 23.4 Å². The Bertz CT molecular complexity index is 1150. The highest BCUT2D eigenvalue weighted by Gasteiger charge is 2.32. The molecule has 0 aliphatic rings. The number of hydrogen-bond donors (Lipinski definition) is 1. The molecule has 0 saturated heterocycles. The van der Waals surface area contributed by atoms with Crippen LogP contribution < -0.4 is 9.62 Å². The van der Waals surface area contributed by atoms with E-state index in [2.05, 4.69) is 5.32 Å². The first-order chi connectivity index (χ1) is 14.8. The first-order valence-corrected chi connectivity index (χ1v) is 12.7. The van der Waals surface area contributed by atoms with Crippen molar-refractivity contribution in [2.45, 2.75) is 29.2 Å². The summed E-state index contributed by atoms with van der Waals surface area (Å²) in [5, 5.41) is 3.31. The van der Waals surface area contributed by atoms with E-state index in [-0.39, 0.29) is 0 Å². The molecule has 31 heavy (non-hydrogen) atoms. The minimum absolute atomic E-state index is 0.291. The number of halogens is 1. The summed E-state index contributed by atoms with van der Waals surface area (Å²) in [6.07, 6.45) is 1.38. The molecular weight excluding hydrogens is 452 g/mol. The molecule has 1 atom stereocenters. The van der Waals surface area contributed by atoms with Gasteiger partial charge in [0, 0.05) is 14.8 Å². The number of rotatable bonds is 8. The molecule has 5 nitrogen and oxygen atoms in total. The van der Waals surface area contributed by atoms with Gasteiger partial charge in [-0.05, 0) is 48.9 Å². The zero-order chi connectivity index (χ0) is 22.4. The van der Waals surface area contributed by atoms with Crippen molar-refractivity contribution in [3.05, 3.63) is 83.9 Å². The maximum atomic E-state index is 13.2. The third-order valence-corrected chi connectivity index (χ3v) is 7.01. The Labute approximate surface area is 192 Å². The Morgan fingerprint density at radius 1 is 1.03 bits per heavy atom. The lowest BCUT2D eigenvalue weighted by atomic mass is 10.2. The van der Waals surface area contributed by atoms with Gasteiger partial charge < -0.3 is 5.32 Å². The van der Waals surface area contributed by atoms with Crippen molar-refractivity contribution in [2.24, 2.45) is 0 Å². The topological polar surface area (TPSA) is 66.5 Å². The smallest absolute Gasteiger partial charge is 0.248 e. The Morgan fingerprint density at radius 3 is 2.35 bits per heavy atom. The van der Waals surface area contributed by atoms with Gasteiger partial charge in [-0.2, -0.15) is 0 Å². The van der Waals surface area contributed by atoms with E-state index in [1.54, 1.807) is 31.2 Å². The van der Waals surface area contributed by atoms with Gasteiger partial charge in [0.05, 0.1) is 17.6 Å². The summed E-state index contributed by atoms with van der Waals surface area (Å²) in [6.45, 7) is 1.78. The molecule has 1 amide bonds. The second-order valence-electron chi connectivity index (χ2n) is 6.86. The molecule has 3 aromatic carbocycles. The number of benzene rings is 3. The summed E-state index contributed by atoms with van der Waals surface area (Å²) >= 11 is 7.59. The zero-order valence-corrected chi connectivity index (χ0v) is 19.5. The van der Waals surface area contributed by atoms with Crippen molar-refractivity contribution in [1.29, 1.82) is 0 Å². The molecule has 0 heterocycles. The van der Waals surface area contributed by atoms with Crippen molar-refractivity contribution in [3.8, 4) is 0 Å². The van der Waals surface area contributed by atoms with Crippen LogP contribution in [0, 0.1) is 0 Å². The van der Waals surface area contributed by atoms with Gasteiger partial charge in [-0.3, -0.25) is 9.10 Å². The first-order valence-electron chi connectivity index (χ1n) is 9.67. The number of anilines is 2. The molecule has 3 rings (SSSR count). The molecule has 162 valence electrons. The van der Waals surface area contributed by atoms with Crippen LogP contribution in [0.5, 0.6) is 0 Å². The molecular formula is C23H23ClN2O3S2. The summed E-state index contributed by atoms with van der Waals surface area (Å²) in [7, 11) is -3.73. The Morgan fingerprint density at radius 2 is 1.71 bits per heavy atom. The maximum Gasteiger partial charge on any atom is 0.248 e. The van der Waals surface area contributed by atoms with Crippen LogP contribution in [0.15, 0.2) is 88.7 Å². The fourth-order valence-electron chi connectivity index (χ4n) is 3.16. The molecule has 0 saturated carbocycles. The van der Waals surface area contributed by atoms with E-state index in [9.17, 15) is 13.2 Å².